The second-order valence-corrected chi connectivity index (χ2v) is 4.48. The highest BCUT2D eigenvalue weighted by molar-refractivity contribution is 5.75. The van der Waals surface area contributed by atoms with Crippen LogP contribution in [0.3, 0.4) is 0 Å². The third kappa shape index (κ3) is 2.16. The van der Waals surface area contributed by atoms with Crippen LogP contribution in [0.4, 0.5) is 11.4 Å². The second kappa shape index (κ2) is 5.24. The van der Waals surface area contributed by atoms with Gasteiger partial charge >= 0.3 is 0 Å². The summed E-state index contributed by atoms with van der Waals surface area (Å²) in [5, 5.41) is 3.51. The van der Waals surface area contributed by atoms with Crippen molar-refractivity contribution in [2.24, 2.45) is 0 Å². The van der Waals surface area contributed by atoms with Crippen LogP contribution in [0.2, 0.25) is 0 Å². The maximum Gasteiger partial charge on any atom is 0.0635 e. The highest BCUT2D eigenvalue weighted by Gasteiger charge is 2.18. The summed E-state index contributed by atoms with van der Waals surface area (Å²) in [5.74, 6) is 0. The van der Waals surface area contributed by atoms with Crippen LogP contribution < -0.4 is 10.2 Å². The SMILES string of the molecule is CCCc1cccc2c1N(CCC)CCN2. The molecule has 0 saturated heterocycles. The molecule has 1 aromatic rings. The minimum atomic E-state index is 1.07. The number of nitrogens with zero attached hydrogens (tertiary/aromatic N) is 1. The molecule has 88 valence electrons. The fourth-order valence-corrected chi connectivity index (χ4v) is 2.51. The molecule has 0 spiro atoms. The van der Waals surface area contributed by atoms with Crippen molar-refractivity contribution < 1.29 is 0 Å². The molecule has 0 unspecified atom stereocenters. The number of hydrogen-bond acceptors (Lipinski definition) is 2. The van der Waals surface area contributed by atoms with Crippen LogP contribution in [0.25, 0.3) is 0 Å². The summed E-state index contributed by atoms with van der Waals surface area (Å²) in [7, 11) is 0. The Morgan fingerprint density at radius 2 is 2.12 bits per heavy atom. The summed E-state index contributed by atoms with van der Waals surface area (Å²) in [6, 6.07) is 6.65. The molecule has 0 amide bonds. The lowest BCUT2D eigenvalue weighted by atomic mass is 10.0. The normalized spacial score (nSPS) is 14.5. The molecule has 2 nitrogen and oxygen atoms in total. The second-order valence-electron chi connectivity index (χ2n) is 4.48. The minimum Gasteiger partial charge on any atom is -0.382 e. The maximum absolute atomic E-state index is 3.51. The van der Waals surface area contributed by atoms with Gasteiger partial charge in [-0.15, -0.1) is 0 Å². The van der Waals surface area contributed by atoms with Crippen LogP contribution in [0, 0.1) is 0 Å². The third-order valence-corrected chi connectivity index (χ3v) is 3.15. The molecule has 16 heavy (non-hydrogen) atoms. The summed E-state index contributed by atoms with van der Waals surface area (Å²) < 4.78 is 0. The number of hydrogen-bond donors (Lipinski definition) is 1. The van der Waals surface area contributed by atoms with Crippen LogP contribution in [-0.4, -0.2) is 19.6 Å². The molecular weight excluding hydrogens is 196 g/mol. The molecule has 1 aliphatic heterocycles. The van der Waals surface area contributed by atoms with Crippen molar-refractivity contribution in [1.29, 1.82) is 0 Å². The highest BCUT2D eigenvalue weighted by Crippen LogP contribution is 2.33. The summed E-state index contributed by atoms with van der Waals surface area (Å²) in [4.78, 5) is 2.54. The van der Waals surface area contributed by atoms with Crippen molar-refractivity contribution in [3.05, 3.63) is 23.8 Å². The molecule has 0 saturated carbocycles. The van der Waals surface area contributed by atoms with Gasteiger partial charge in [-0.3, -0.25) is 0 Å². The number of para-hydroxylation sites is 1. The summed E-state index contributed by atoms with van der Waals surface area (Å²) in [5.41, 5.74) is 4.28. The van der Waals surface area contributed by atoms with Gasteiger partial charge in [-0.05, 0) is 24.5 Å². The molecule has 0 aliphatic carbocycles. The van der Waals surface area contributed by atoms with Crippen LogP contribution in [0.15, 0.2) is 18.2 Å². The number of rotatable bonds is 4. The maximum atomic E-state index is 3.51. The lowest BCUT2D eigenvalue weighted by molar-refractivity contribution is 0.750. The van der Waals surface area contributed by atoms with Crippen molar-refractivity contribution in [1.82, 2.24) is 0 Å². The monoisotopic (exact) mass is 218 g/mol. The van der Waals surface area contributed by atoms with Crippen molar-refractivity contribution in [2.75, 3.05) is 29.9 Å². The van der Waals surface area contributed by atoms with E-state index in [2.05, 4.69) is 42.3 Å². The highest BCUT2D eigenvalue weighted by atomic mass is 15.2. The first-order valence-corrected chi connectivity index (χ1v) is 6.47. The van der Waals surface area contributed by atoms with Crippen molar-refractivity contribution >= 4 is 11.4 Å². The standard InChI is InChI=1S/C14H22N2/c1-3-6-12-7-5-8-13-14(12)16(10-4-2)11-9-15-13/h5,7-8,15H,3-4,6,9-11H2,1-2H3. The van der Waals surface area contributed by atoms with Crippen molar-refractivity contribution in [3.63, 3.8) is 0 Å². The molecular formula is C14H22N2. The molecule has 1 aromatic carbocycles. The summed E-state index contributed by atoms with van der Waals surface area (Å²) in [6.07, 6.45) is 3.63. The molecule has 0 bridgehead atoms. The molecule has 1 aliphatic rings. The number of nitrogens with one attached hydrogen (secondary N) is 1. The zero-order chi connectivity index (χ0) is 11.4. The minimum absolute atomic E-state index is 1.07. The Morgan fingerprint density at radius 1 is 1.25 bits per heavy atom. The summed E-state index contributed by atoms with van der Waals surface area (Å²) in [6.45, 7) is 7.89. The molecule has 1 N–H and O–H groups in total. The molecule has 0 atom stereocenters. The van der Waals surface area contributed by atoms with Crippen molar-refractivity contribution in [3.8, 4) is 0 Å². The van der Waals surface area contributed by atoms with E-state index in [9.17, 15) is 0 Å². The predicted octanol–water partition coefficient (Wildman–Crippen LogP) is 3.28. The van der Waals surface area contributed by atoms with Gasteiger partial charge in [0, 0.05) is 19.6 Å². The fraction of sp³-hybridized carbons (Fsp3) is 0.571. The Labute approximate surface area is 98.7 Å². The van der Waals surface area contributed by atoms with Gasteiger partial charge in [0.2, 0.25) is 0 Å². The average Bonchev–Trinajstić information content (AvgIpc) is 2.30. The zero-order valence-corrected chi connectivity index (χ0v) is 10.4. The molecule has 2 heteroatoms. The molecule has 0 radical (unpaired) electrons. The Kier molecular flexibility index (Phi) is 3.70. The molecule has 1 heterocycles. The van der Waals surface area contributed by atoms with Gasteiger partial charge in [0.05, 0.1) is 11.4 Å². The smallest absolute Gasteiger partial charge is 0.0635 e. The average molecular weight is 218 g/mol. The van der Waals surface area contributed by atoms with E-state index in [0.29, 0.717) is 0 Å². The van der Waals surface area contributed by atoms with E-state index in [0.717, 1.165) is 13.1 Å². The van der Waals surface area contributed by atoms with Crippen LogP contribution in [0.5, 0.6) is 0 Å². The first-order chi connectivity index (χ1) is 7.86. The fourth-order valence-electron chi connectivity index (χ4n) is 2.51. The first-order valence-electron chi connectivity index (χ1n) is 6.47. The Morgan fingerprint density at radius 3 is 2.88 bits per heavy atom. The van der Waals surface area contributed by atoms with E-state index < -0.39 is 0 Å². The summed E-state index contributed by atoms with van der Waals surface area (Å²) >= 11 is 0. The lowest BCUT2D eigenvalue weighted by Gasteiger charge is -2.33. The zero-order valence-electron chi connectivity index (χ0n) is 10.4. The van der Waals surface area contributed by atoms with Gasteiger partial charge in [-0.2, -0.15) is 0 Å². The van der Waals surface area contributed by atoms with Gasteiger partial charge in [-0.1, -0.05) is 32.4 Å². The van der Waals surface area contributed by atoms with Crippen LogP contribution in [-0.2, 0) is 6.42 Å². The quantitative estimate of drug-likeness (QED) is 0.834. The number of aryl methyl sites for hydroxylation is 1. The van der Waals surface area contributed by atoms with Gasteiger partial charge in [0.25, 0.3) is 0 Å². The molecule has 0 aromatic heterocycles. The largest absolute Gasteiger partial charge is 0.382 e. The van der Waals surface area contributed by atoms with Gasteiger partial charge in [0.15, 0.2) is 0 Å². The number of fused-ring (bicyclic) bond motifs is 1. The number of anilines is 2. The van der Waals surface area contributed by atoms with Gasteiger partial charge in [-0.25, -0.2) is 0 Å². The first kappa shape index (κ1) is 11.3. The molecule has 2 rings (SSSR count). The van der Waals surface area contributed by atoms with E-state index in [1.165, 1.54) is 42.7 Å². The Bertz CT molecular complexity index is 347. The predicted molar refractivity (Wildman–Crippen MR) is 71.4 cm³/mol. The van der Waals surface area contributed by atoms with Gasteiger partial charge < -0.3 is 10.2 Å². The van der Waals surface area contributed by atoms with Crippen LogP contribution in [0.1, 0.15) is 32.3 Å². The van der Waals surface area contributed by atoms with Crippen molar-refractivity contribution in [2.45, 2.75) is 33.1 Å². The van der Waals surface area contributed by atoms with E-state index in [4.69, 9.17) is 0 Å². The lowest BCUT2D eigenvalue weighted by Crippen LogP contribution is -2.35. The van der Waals surface area contributed by atoms with E-state index in [1.807, 2.05) is 0 Å². The Hall–Kier alpha value is -1.18. The topological polar surface area (TPSA) is 15.3 Å². The van der Waals surface area contributed by atoms with Gasteiger partial charge in [0.1, 0.15) is 0 Å². The van der Waals surface area contributed by atoms with E-state index >= 15 is 0 Å². The Balaban J connectivity index is 2.34. The van der Waals surface area contributed by atoms with E-state index in [-0.39, 0.29) is 0 Å². The van der Waals surface area contributed by atoms with Crippen LogP contribution >= 0.6 is 0 Å². The van der Waals surface area contributed by atoms with E-state index in [1.54, 1.807) is 0 Å². The number of benzene rings is 1. The third-order valence-electron chi connectivity index (χ3n) is 3.15. The molecule has 0 fully saturated rings.